The van der Waals surface area contributed by atoms with Gasteiger partial charge in [0, 0.05) is 0 Å². The lowest BCUT2D eigenvalue weighted by Crippen LogP contribution is -2.34. The second-order valence-corrected chi connectivity index (χ2v) is 7.86. The molecule has 10 heteroatoms. The Morgan fingerprint density at radius 2 is 2.04 bits per heavy atom. The van der Waals surface area contributed by atoms with Crippen molar-refractivity contribution in [2.45, 2.75) is 57.7 Å². The zero-order valence-electron chi connectivity index (χ0n) is 13.4. The van der Waals surface area contributed by atoms with E-state index in [0.717, 1.165) is 25.7 Å². The summed E-state index contributed by atoms with van der Waals surface area (Å²) in [7, 11) is -3.43. The highest BCUT2D eigenvalue weighted by molar-refractivity contribution is 7.89. The monoisotopic (exact) mass is 368 g/mol. The van der Waals surface area contributed by atoms with Crippen LogP contribution < -0.4 is 10.5 Å². The maximum Gasteiger partial charge on any atom is 0.241 e. The number of nitrogens with two attached hydrogens (primary N) is 1. The Bertz CT molecular complexity index is 585. The molecule has 1 aromatic heterocycles. The van der Waals surface area contributed by atoms with Crippen LogP contribution in [0.25, 0.3) is 0 Å². The van der Waals surface area contributed by atoms with Crippen molar-refractivity contribution in [3.63, 3.8) is 0 Å². The van der Waals surface area contributed by atoms with Gasteiger partial charge in [-0.25, -0.2) is 13.1 Å². The number of ether oxygens (including phenoxy) is 1. The third-order valence-corrected chi connectivity index (χ3v) is 4.94. The fourth-order valence-corrected chi connectivity index (χ4v) is 3.20. The highest BCUT2D eigenvalue weighted by Gasteiger charge is 2.35. The molecule has 0 aromatic carbocycles. The van der Waals surface area contributed by atoms with Crippen LogP contribution in [-0.4, -0.2) is 37.0 Å². The summed E-state index contributed by atoms with van der Waals surface area (Å²) in [5.41, 5.74) is 5.69. The van der Waals surface area contributed by atoms with E-state index in [1.54, 1.807) is 0 Å². The first-order valence-corrected chi connectivity index (χ1v) is 9.17. The lowest BCUT2D eigenvalue weighted by molar-refractivity contribution is 0.0911. The third kappa shape index (κ3) is 6.00. The smallest absolute Gasteiger partial charge is 0.241 e. The molecule has 1 aromatic rings. The van der Waals surface area contributed by atoms with Gasteiger partial charge in [-0.3, -0.25) is 0 Å². The predicted molar refractivity (Wildman–Crippen MR) is 87.6 cm³/mol. The Morgan fingerprint density at radius 1 is 1.39 bits per heavy atom. The van der Waals surface area contributed by atoms with Crippen LogP contribution in [0.4, 0.5) is 0 Å². The third-order valence-electron chi connectivity index (χ3n) is 3.66. The summed E-state index contributed by atoms with van der Waals surface area (Å²) in [4.78, 5) is 4.21. The minimum atomic E-state index is -3.43. The van der Waals surface area contributed by atoms with Crippen LogP contribution in [-0.2, 0) is 26.8 Å². The predicted octanol–water partition coefficient (Wildman–Crippen LogP) is 1.06. The average molecular weight is 369 g/mol. The Kier molecular flexibility index (Phi) is 7.40. The largest absolute Gasteiger partial charge is 0.378 e. The summed E-state index contributed by atoms with van der Waals surface area (Å²) in [5.74, 6) is 0.579. The fourth-order valence-electron chi connectivity index (χ4n) is 2.40. The summed E-state index contributed by atoms with van der Waals surface area (Å²) in [5, 5.41) is 3.89. The number of sulfonamides is 1. The van der Waals surface area contributed by atoms with Crippen molar-refractivity contribution in [2.75, 3.05) is 12.4 Å². The molecule has 0 saturated heterocycles. The second-order valence-electron chi connectivity index (χ2n) is 5.93. The van der Waals surface area contributed by atoms with Gasteiger partial charge < -0.3 is 15.0 Å². The maximum absolute atomic E-state index is 11.8. The molecule has 1 aliphatic carbocycles. The van der Waals surface area contributed by atoms with Gasteiger partial charge in [-0.15, -0.1) is 12.4 Å². The van der Waals surface area contributed by atoms with E-state index in [0.29, 0.717) is 5.82 Å². The number of rotatable bonds is 8. The summed E-state index contributed by atoms with van der Waals surface area (Å²) in [6.07, 6.45) is 3.74. The lowest BCUT2D eigenvalue weighted by Gasteiger charge is -2.17. The number of hydrogen-bond acceptors (Lipinski definition) is 7. The lowest BCUT2D eigenvalue weighted by atomic mass is 9.99. The molecule has 0 radical (unpaired) electrons. The summed E-state index contributed by atoms with van der Waals surface area (Å²) < 4.78 is 36.3. The van der Waals surface area contributed by atoms with E-state index >= 15 is 0 Å². The van der Waals surface area contributed by atoms with E-state index in [2.05, 4.69) is 14.9 Å². The van der Waals surface area contributed by atoms with E-state index in [1.165, 1.54) is 0 Å². The molecular formula is C13H25ClN4O4S. The Morgan fingerprint density at radius 3 is 2.65 bits per heavy atom. The molecule has 1 fully saturated rings. The van der Waals surface area contributed by atoms with Gasteiger partial charge in [0.1, 0.15) is 0 Å². The van der Waals surface area contributed by atoms with Crippen LogP contribution >= 0.6 is 12.4 Å². The van der Waals surface area contributed by atoms with Crippen LogP contribution in [0.15, 0.2) is 4.52 Å². The molecule has 3 N–H and O–H groups in total. The Hall–Kier alpha value is -0.740. The standard InChI is InChI=1S/C13H24N4O4S.ClH/c1-10(2)20-7-8-22(18,19)15-9-11-16-12(17-21-11)13(14)5-3-4-6-13;/h10,15H,3-9,14H2,1-2H3;1H. The summed E-state index contributed by atoms with van der Waals surface area (Å²) >= 11 is 0. The van der Waals surface area contributed by atoms with Crippen molar-refractivity contribution in [2.24, 2.45) is 5.73 Å². The first-order chi connectivity index (χ1) is 10.3. The molecule has 0 spiro atoms. The van der Waals surface area contributed by atoms with Gasteiger partial charge in [0.2, 0.25) is 15.9 Å². The van der Waals surface area contributed by atoms with E-state index in [9.17, 15) is 8.42 Å². The molecule has 1 aliphatic rings. The quantitative estimate of drug-likeness (QED) is 0.703. The van der Waals surface area contributed by atoms with Crippen LogP contribution in [0, 0.1) is 0 Å². The van der Waals surface area contributed by atoms with Crippen LogP contribution in [0.1, 0.15) is 51.2 Å². The molecule has 0 atom stereocenters. The summed E-state index contributed by atoms with van der Waals surface area (Å²) in [6.45, 7) is 3.82. The minimum Gasteiger partial charge on any atom is -0.378 e. The molecule has 23 heavy (non-hydrogen) atoms. The first-order valence-electron chi connectivity index (χ1n) is 7.52. The van der Waals surface area contributed by atoms with Gasteiger partial charge in [-0.1, -0.05) is 18.0 Å². The van der Waals surface area contributed by atoms with Crippen molar-refractivity contribution < 1.29 is 17.7 Å². The van der Waals surface area contributed by atoms with E-state index in [1.807, 2.05) is 13.8 Å². The van der Waals surface area contributed by atoms with Gasteiger partial charge >= 0.3 is 0 Å². The van der Waals surface area contributed by atoms with Crippen molar-refractivity contribution >= 4 is 22.4 Å². The summed E-state index contributed by atoms with van der Waals surface area (Å²) in [6, 6.07) is 0. The zero-order valence-corrected chi connectivity index (χ0v) is 15.1. The van der Waals surface area contributed by atoms with Gasteiger partial charge in [0.25, 0.3) is 0 Å². The van der Waals surface area contributed by atoms with Crippen molar-refractivity contribution in [1.29, 1.82) is 0 Å². The normalized spacial score (nSPS) is 17.4. The van der Waals surface area contributed by atoms with Crippen LogP contribution in [0.3, 0.4) is 0 Å². The molecule has 2 rings (SSSR count). The molecule has 1 saturated carbocycles. The van der Waals surface area contributed by atoms with Gasteiger partial charge in [0.05, 0.1) is 30.5 Å². The molecule has 134 valence electrons. The van der Waals surface area contributed by atoms with E-state index in [4.69, 9.17) is 15.0 Å². The zero-order chi connectivity index (χ0) is 16.2. The number of hydrogen-bond donors (Lipinski definition) is 2. The first kappa shape index (κ1) is 20.3. The van der Waals surface area contributed by atoms with E-state index in [-0.39, 0.29) is 43.3 Å². The minimum absolute atomic E-state index is 0. The van der Waals surface area contributed by atoms with Crippen LogP contribution in [0.2, 0.25) is 0 Å². The molecule has 0 bridgehead atoms. The molecule has 0 amide bonds. The Balaban J connectivity index is 0.00000264. The van der Waals surface area contributed by atoms with Gasteiger partial charge in [-0.2, -0.15) is 4.98 Å². The van der Waals surface area contributed by atoms with Gasteiger partial charge in [0.15, 0.2) is 5.82 Å². The number of nitrogens with zero attached hydrogens (tertiary/aromatic N) is 2. The molecule has 0 aliphatic heterocycles. The highest BCUT2D eigenvalue weighted by atomic mass is 35.5. The fraction of sp³-hybridized carbons (Fsp3) is 0.846. The second kappa shape index (κ2) is 8.39. The number of aromatic nitrogens is 2. The topological polar surface area (TPSA) is 120 Å². The van der Waals surface area contributed by atoms with Crippen molar-refractivity contribution in [3.05, 3.63) is 11.7 Å². The Labute approximate surface area is 143 Å². The van der Waals surface area contributed by atoms with Gasteiger partial charge in [-0.05, 0) is 26.7 Å². The average Bonchev–Trinajstić information content (AvgIpc) is 3.05. The van der Waals surface area contributed by atoms with E-state index < -0.39 is 15.6 Å². The SMILES string of the molecule is CC(C)OCCS(=O)(=O)NCc1nc(C2(N)CCCC2)no1.Cl. The molecule has 1 heterocycles. The maximum atomic E-state index is 11.8. The molecule has 8 nitrogen and oxygen atoms in total. The molecule has 0 unspecified atom stereocenters. The highest BCUT2D eigenvalue weighted by Crippen LogP contribution is 2.34. The number of halogens is 1. The number of nitrogens with one attached hydrogen (secondary N) is 1. The van der Waals surface area contributed by atoms with Crippen LogP contribution in [0.5, 0.6) is 0 Å². The molecular weight excluding hydrogens is 344 g/mol. The van der Waals surface area contributed by atoms with Crippen molar-refractivity contribution in [1.82, 2.24) is 14.9 Å². The van der Waals surface area contributed by atoms with Crippen molar-refractivity contribution in [3.8, 4) is 0 Å².